The first-order valence-corrected chi connectivity index (χ1v) is 3.98. The summed E-state index contributed by atoms with van der Waals surface area (Å²) in [6.45, 7) is 2.64. The molecule has 2 nitrogen and oxygen atoms in total. The second-order valence-corrected chi connectivity index (χ2v) is 3.02. The lowest BCUT2D eigenvalue weighted by molar-refractivity contribution is -0.0862. The fourth-order valence-electron chi connectivity index (χ4n) is 1.69. The van der Waals surface area contributed by atoms with Gasteiger partial charge in [-0.05, 0) is 19.3 Å². The minimum absolute atomic E-state index is 0.499. The first kappa shape index (κ1) is 6.62. The van der Waals surface area contributed by atoms with Crippen LogP contribution in [-0.2, 0) is 9.47 Å². The molecule has 0 spiro atoms. The molecular weight excluding hydrogens is 128 g/mol. The Balaban J connectivity index is 1.93. The highest BCUT2D eigenvalue weighted by Crippen LogP contribution is 2.25. The zero-order valence-electron chi connectivity index (χ0n) is 6.08. The normalized spacial score (nSPS) is 40.8. The average molecular weight is 141 g/mol. The third-order valence-corrected chi connectivity index (χ3v) is 2.30. The summed E-state index contributed by atoms with van der Waals surface area (Å²) >= 11 is 0. The molecule has 2 aliphatic rings. The van der Waals surface area contributed by atoms with Crippen molar-refractivity contribution in [1.82, 2.24) is 0 Å². The first-order chi connectivity index (χ1) is 4.97. The van der Waals surface area contributed by atoms with Gasteiger partial charge >= 0.3 is 0 Å². The fraction of sp³-hybridized carbons (Fsp3) is 0.875. The summed E-state index contributed by atoms with van der Waals surface area (Å²) < 4.78 is 10.9. The second kappa shape index (κ2) is 2.89. The summed E-state index contributed by atoms with van der Waals surface area (Å²) in [6.07, 6.45) is 4.98. The van der Waals surface area contributed by atoms with Crippen molar-refractivity contribution in [2.45, 2.75) is 18.9 Å². The van der Waals surface area contributed by atoms with E-state index in [0.717, 1.165) is 26.2 Å². The molecule has 1 radical (unpaired) electrons. The first-order valence-electron chi connectivity index (χ1n) is 3.98. The lowest BCUT2D eigenvalue weighted by Gasteiger charge is -2.34. The van der Waals surface area contributed by atoms with Gasteiger partial charge in [0.25, 0.3) is 0 Å². The molecule has 0 aromatic rings. The summed E-state index contributed by atoms with van der Waals surface area (Å²) in [4.78, 5) is 0. The quantitative estimate of drug-likeness (QED) is 0.501. The molecule has 2 heteroatoms. The summed E-state index contributed by atoms with van der Waals surface area (Å²) in [6, 6.07) is 0. The highest BCUT2D eigenvalue weighted by molar-refractivity contribution is 4.84. The molecule has 2 saturated heterocycles. The molecule has 10 heavy (non-hydrogen) atoms. The molecule has 2 rings (SSSR count). The number of rotatable bonds is 0. The van der Waals surface area contributed by atoms with E-state index < -0.39 is 0 Å². The highest BCUT2D eigenvalue weighted by Gasteiger charge is 2.28. The van der Waals surface area contributed by atoms with Gasteiger partial charge in [0.05, 0.1) is 19.3 Å². The van der Waals surface area contributed by atoms with Crippen LogP contribution in [-0.4, -0.2) is 25.9 Å². The Labute approximate surface area is 61.5 Å². The van der Waals surface area contributed by atoms with Crippen molar-refractivity contribution >= 4 is 0 Å². The van der Waals surface area contributed by atoms with Gasteiger partial charge in [-0.1, -0.05) is 0 Å². The molecule has 0 bridgehead atoms. The van der Waals surface area contributed by atoms with Crippen LogP contribution in [0.1, 0.15) is 12.8 Å². The van der Waals surface area contributed by atoms with E-state index in [0.29, 0.717) is 12.0 Å². The Bertz CT molecular complexity index is 87.8. The molecule has 2 atom stereocenters. The van der Waals surface area contributed by atoms with E-state index in [4.69, 9.17) is 9.47 Å². The van der Waals surface area contributed by atoms with Gasteiger partial charge in [0, 0.05) is 12.5 Å². The van der Waals surface area contributed by atoms with Gasteiger partial charge in [-0.3, -0.25) is 0 Å². The topological polar surface area (TPSA) is 18.5 Å². The van der Waals surface area contributed by atoms with Gasteiger partial charge in [-0.15, -0.1) is 0 Å². The van der Waals surface area contributed by atoms with Gasteiger partial charge in [-0.2, -0.15) is 0 Å². The van der Waals surface area contributed by atoms with Crippen molar-refractivity contribution in [2.75, 3.05) is 19.8 Å². The van der Waals surface area contributed by atoms with Gasteiger partial charge in [0.2, 0.25) is 0 Å². The SMILES string of the molecule is [CH]1COC2CCOCC2C1. The molecular formula is C8H13O2. The van der Waals surface area contributed by atoms with Gasteiger partial charge in [0.1, 0.15) is 0 Å². The predicted octanol–water partition coefficient (Wildman–Crippen LogP) is 1.02. The van der Waals surface area contributed by atoms with E-state index in [9.17, 15) is 0 Å². The minimum Gasteiger partial charge on any atom is -0.381 e. The van der Waals surface area contributed by atoms with Crippen LogP contribution in [0.2, 0.25) is 0 Å². The molecule has 0 aromatic heterocycles. The van der Waals surface area contributed by atoms with Crippen LogP contribution >= 0.6 is 0 Å². The van der Waals surface area contributed by atoms with Gasteiger partial charge in [0.15, 0.2) is 0 Å². The Morgan fingerprint density at radius 1 is 1.40 bits per heavy atom. The van der Waals surface area contributed by atoms with Crippen LogP contribution in [0.25, 0.3) is 0 Å². The number of ether oxygens (including phenoxy) is 2. The lowest BCUT2D eigenvalue weighted by Crippen LogP contribution is -2.37. The molecule has 2 fully saturated rings. The summed E-state index contributed by atoms with van der Waals surface area (Å²) in [5, 5.41) is 0. The molecule has 0 aromatic carbocycles. The third-order valence-electron chi connectivity index (χ3n) is 2.30. The van der Waals surface area contributed by atoms with Crippen molar-refractivity contribution in [3.05, 3.63) is 6.42 Å². The fourth-order valence-corrected chi connectivity index (χ4v) is 1.69. The van der Waals surface area contributed by atoms with E-state index in [-0.39, 0.29) is 0 Å². The Kier molecular flexibility index (Phi) is 1.91. The highest BCUT2D eigenvalue weighted by atomic mass is 16.5. The van der Waals surface area contributed by atoms with Crippen molar-refractivity contribution in [3.63, 3.8) is 0 Å². The molecule has 0 saturated carbocycles. The van der Waals surface area contributed by atoms with E-state index in [2.05, 4.69) is 6.42 Å². The predicted molar refractivity (Wildman–Crippen MR) is 37.6 cm³/mol. The number of hydrogen-bond acceptors (Lipinski definition) is 2. The van der Waals surface area contributed by atoms with E-state index in [1.165, 1.54) is 6.42 Å². The summed E-state index contributed by atoms with van der Waals surface area (Å²) in [7, 11) is 0. The molecule has 0 amide bonds. The monoisotopic (exact) mass is 141 g/mol. The largest absolute Gasteiger partial charge is 0.381 e. The van der Waals surface area contributed by atoms with Crippen molar-refractivity contribution in [2.24, 2.45) is 5.92 Å². The maximum absolute atomic E-state index is 5.55. The third kappa shape index (κ3) is 1.18. The lowest BCUT2D eigenvalue weighted by atomic mass is 9.92. The average Bonchev–Trinajstić information content (AvgIpc) is 2.05. The van der Waals surface area contributed by atoms with Crippen LogP contribution in [0.15, 0.2) is 0 Å². The van der Waals surface area contributed by atoms with Crippen molar-refractivity contribution < 1.29 is 9.47 Å². The molecule has 2 unspecified atom stereocenters. The zero-order chi connectivity index (χ0) is 6.81. The zero-order valence-corrected chi connectivity index (χ0v) is 6.08. The van der Waals surface area contributed by atoms with Crippen LogP contribution in [0.5, 0.6) is 0 Å². The molecule has 0 N–H and O–H groups in total. The molecule has 2 aliphatic heterocycles. The second-order valence-electron chi connectivity index (χ2n) is 3.02. The van der Waals surface area contributed by atoms with Crippen molar-refractivity contribution in [3.8, 4) is 0 Å². The van der Waals surface area contributed by atoms with Crippen LogP contribution in [0.4, 0.5) is 0 Å². The summed E-state index contributed by atoms with van der Waals surface area (Å²) in [5.74, 6) is 0.655. The Morgan fingerprint density at radius 3 is 3.30 bits per heavy atom. The van der Waals surface area contributed by atoms with Crippen LogP contribution in [0, 0.1) is 12.3 Å². The standard InChI is InChI=1S/C8H13O2/c1-2-7-6-9-5-3-8(7)10-4-1/h1,7-8H,2-6H2. The summed E-state index contributed by atoms with van der Waals surface area (Å²) in [5.41, 5.74) is 0. The van der Waals surface area contributed by atoms with E-state index in [1.54, 1.807) is 0 Å². The maximum atomic E-state index is 5.55. The molecule has 0 aliphatic carbocycles. The van der Waals surface area contributed by atoms with E-state index in [1.807, 2.05) is 0 Å². The van der Waals surface area contributed by atoms with Gasteiger partial charge in [-0.25, -0.2) is 0 Å². The number of hydrogen-bond donors (Lipinski definition) is 0. The van der Waals surface area contributed by atoms with Crippen molar-refractivity contribution in [1.29, 1.82) is 0 Å². The number of fused-ring (bicyclic) bond motifs is 1. The van der Waals surface area contributed by atoms with E-state index >= 15 is 0 Å². The van der Waals surface area contributed by atoms with Crippen LogP contribution < -0.4 is 0 Å². The molecule has 2 heterocycles. The smallest absolute Gasteiger partial charge is 0.0647 e. The Hall–Kier alpha value is -0.0800. The maximum Gasteiger partial charge on any atom is 0.0647 e. The minimum atomic E-state index is 0.499. The molecule has 57 valence electrons. The van der Waals surface area contributed by atoms with Crippen LogP contribution in [0.3, 0.4) is 0 Å². The van der Waals surface area contributed by atoms with Gasteiger partial charge < -0.3 is 9.47 Å². The Morgan fingerprint density at radius 2 is 2.40 bits per heavy atom.